The fraction of sp³-hybridized carbons (Fsp3) is 0.867. The summed E-state index contributed by atoms with van der Waals surface area (Å²) in [5, 5.41) is 19.6. The number of hydrogen-bond donors (Lipinski definition) is 2. The summed E-state index contributed by atoms with van der Waals surface area (Å²) in [4.78, 5) is 25.1. The summed E-state index contributed by atoms with van der Waals surface area (Å²) in [6.07, 6.45) is 2.97. The third-order valence-corrected chi connectivity index (χ3v) is 4.96. The van der Waals surface area contributed by atoms with E-state index < -0.39 is 11.6 Å². The average Bonchev–Trinajstić information content (AvgIpc) is 2.38. The predicted octanol–water partition coefficient (Wildman–Crippen LogP) is 2.13. The molecule has 1 unspecified atom stereocenters. The second-order valence-corrected chi connectivity index (χ2v) is 6.96. The van der Waals surface area contributed by atoms with Crippen LogP contribution in [-0.4, -0.2) is 56.7 Å². The monoisotopic (exact) mass is 317 g/mol. The second kappa shape index (κ2) is 8.63. The molecule has 5 nitrogen and oxygen atoms in total. The molecule has 1 heterocycles. The lowest BCUT2D eigenvalue weighted by atomic mass is 9.88. The lowest BCUT2D eigenvalue weighted by molar-refractivity contribution is -0.142. The van der Waals surface area contributed by atoms with Crippen LogP contribution in [0.2, 0.25) is 0 Å². The number of carbonyl (C=O) groups is 2. The largest absolute Gasteiger partial charge is 0.481 e. The quantitative estimate of drug-likeness (QED) is 0.717. The van der Waals surface area contributed by atoms with Crippen LogP contribution in [0.5, 0.6) is 0 Å². The molecular weight excluding hydrogens is 290 g/mol. The molecule has 21 heavy (non-hydrogen) atoms. The molecule has 0 radical (unpaired) electrons. The van der Waals surface area contributed by atoms with E-state index in [0.29, 0.717) is 25.1 Å². The van der Waals surface area contributed by atoms with Gasteiger partial charge in [-0.25, -0.2) is 0 Å². The van der Waals surface area contributed by atoms with Crippen molar-refractivity contribution in [3.8, 4) is 0 Å². The molecule has 1 aliphatic heterocycles. The van der Waals surface area contributed by atoms with E-state index >= 15 is 0 Å². The molecule has 0 spiro atoms. The van der Waals surface area contributed by atoms with Crippen LogP contribution < -0.4 is 0 Å². The molecule has 1 atom stereocenters. The molecule has 6 heteroatoms. The summed E-state index contributed by atoms with van der Waals surface area (Å²) < 4.78 is 0. The van der Waals surface area contributed by atoms with Crippen LogP contribution in [-0.2, 0) is 9.59 Å². The number of amides is 1. The molecule has 1 rings (SSSR count). The highest BCUT2D eigenvalue weighted by molar-refractivity contribution is 7.99. The van der Waals surface area contributed by atoms with Crippen molar-refractivity contribution >= 4 is 23.6 Å². The summed E-state index contributed by atoms with van der Waals surface area (Å²) in [6, 6.07) is -0.249. The van der Waals surface area contributed by atoms with Crippen molar-refractivity contribution in [1.29, 1.82) is 0 Å². The van der Waals surface area contributed by atoms with Gasteiger partial charge in [0.25, 0.3) is 0 Å². The average molecular weight is 317 g/mol. The lowest BCUT2D eigenvalue weighted by Gasteiger charge is -2.37. The summed E-state index contributed by atoms with van der Waals surface area (Å²) in [7, 11) is 0. The Bertz CT molecular complexity index is 356. The van der Waals surface area contributed by atoms with Gasteiger partial charge < -0.3 is 15.1 Å². The Kier molecular flexibility index (Phi) is 7.52. The number of carbonyl (C=O) groups excluding carboxylic acids is 1. The van der Waals surface area contributed by atoms with Crippen molar-refractivity contribution in [2.24, 2.45) is 0 Å². The summed E-state index contributed by atoms with van der Waals surface area (Å²) >= 11 is 1.68. The van der Waals surface area contributed by atoms with Crippen LogP contribution >= 0.6 is 11.8 Å². The number of carboxylic acid groups (broad SMARTS) is 1. The van der Waals surface area contributed by atoms with Crippen LogP contribution in [0.15, 0.2) is 0 Å². The normalized spacial score (nSPS) is 19.6. The molecule has 122 valence electrons. The molecule has 1 saturated heterocycles. The Balaban J connectivity index is 2.71. The van der Waals surface area contributed by atoms with Crippen LogP contribution in [0.1, 0.15) is 52.4 Å². The van der Waals surface area contributed by atoms with Crippen molar-refractivity contribution in [1.82, 2.24) is 4.90 Å². The topological polar surface area (TPSA) is 77.8 Å². The van der Waals surface area contributed by atoms with E-state index in [1.165, 1.54) is 0 Å². The van der Waals surface area contributed by atoms with Gasteiger partial charge in [-0.05, 0) is 12.8 Å². The first-order valence-electron chi connectivity index (χ1n) is 7.73. The van der Waals surface area contributed by atoms with Crippen LogP contribution in [0.4, 0.5) is 0 Å². The van der Waals surface area contributed by atoms with Crippen molar-refractivity contribution < 1.29 is 19.8 Å². The van der Waals surface area contributed by atoms with Gasteiger partial charge in [-0.2, -0.15) is 11.8 Å². The SMILES string of the molecule is CCCC(O)(CCC)CC(=O)N1CCSCC1CC(=O)O. The fourth-order valence-electron chi connectivity index (χ4n) is 2.97. The Morgan fingerprint density at radius 3 is 2.43 bits per heavy atom. The third kappa shape index (κ3) is 5.87. The third-order valence-electron chi connectivity index (χ3n) is 3.87. The minimum absolute atomic E-state index is 0.0152. The van der Waals surface area contributed by atoms with E-state index in [4.69, 9.17) is 5.11 Å². The Labute approximate surface area is 131 Å². The number of aliphatic hydroxyl groups is 1. The lowest BCUT2D eigenvalue weighted by Crippen LogP contribution is -2.49. The maximum absolute atomic E-state index is 12.5. The molecule has 1 amide bonds. The van der Waals surface area contributed by atoms with Gasteiger partial charge in [-0.3, -0.25) is 9.59 Å². The van der Waals surface area contributed by atoms with E-state index in [1.54, 1.807) is 16.7 Å². The number of nitrogens with zero attached hydrogens (tertiary/aromatic N) is 1. The molecule has 0 aromatic heterocycles. The zero-order valence-electron chi connectivity index (χ0n) is 13.0. The standard InChI is InChI=1S/C15H27NO4S/c1-3-5-15(20,6-4-2)10-13(17)16-7-8-21-11-12(16)9-14(18)19/h12,20H,3-11H2,1-2H3,(H,18,19). The van der Waals surface area contributed by atoms with Crippen LogP contribution in [0, 0.1) is 0 Å². The van der Waals surface area contributed by atoms with E-state index in [2.05, 4.69) is 0 Å². The van der Waals surface area contributed by atoms with Crippen LogP contribution in [0.25, 0.3) is 0 Å². The first-order valence-corrected chi connectivity index (χ1v) is 8.88. The molecule has 0 aliphatic carbocycles. The molecule has 1 aliphatic rings. The van der Waals surface area contributed by atoms with Crippen molar-refractivity contribution in [3.63, 3.8) is 0 Å². The fourth-order valence-corrected chi connectivity index (χ4v) is 4.03. The Morgan fingerprint density at radius 2 is 1.90 bits per heavy atom. The van der Waals surface area contributed by atoms with Gasteiger partial charge in [0, 0.05) is 18.1 Å². The Morgan fingerprint density at radius 1 is 1.29 bits per heavy atom. The molecular formula is C15H27NO4S. The van der Waals surface area contributed by atoms with E-state index in [9.17, 15) is 14.7 Å². The van der Waals surface area contributed by atoms with Gasteiger partial charge in [0.2, 0.25) is 5.91 Å². The highest BCUT2D eigenvalue weighted by atomic mass is 32.2. The number of hydrogen-bond acceptors (Lipinski definition) is 4. The van der Waals surface area contributed by atoms with Gasteiger partial charge in [0.15, 0.2) is 0 Å². The van der Waals surface area contributed by atoms with Crippen LogP contribution in [0.3, 0.4) is 0 Å². The van der Waals surface area contributed by atoms with Gasteiger partial charge in [0.05, 0.1) is 24.5 Å². The van der Waals surface area contributed by atoms with Crippen molar-refractivity contribution in [3.05, 3.63) is 0 Å². The molecule has 0 aromatic carbocycles. The second-order valence-electron chi connectivity index (χ2n) is 5.81. The summed E-state index contributed by atoms with van der Waals surface area (Å²) in [5.74, 6) is 0.517. The molecule has 1 fully saturated rings. The zero-order chi connectivity index (χ0) is 15.9. The molecule has 0 saturated carbocycles. The first-order chi connectivity index (χ1) is 9.91. The van der Waals surface area contributed by atoms with E-state index in [1.807, 2.05) is 13.8 Å². The zero-order valence-corrected chi connectivity index (χ0v) is 13.8. The minimum Gasteiger partial charge on any atom is -0.481 e. The summed E-state index contributed by atoms with van der Waals surface area (Å²) in [5.41, 5.74) is -0.945. The summed E-state index contributed by atoms with van der Waals surface area (Å²) in [6.45, 7) is 4.57. The van der Waals surface area contributed by atoms with Gasteiger partial charge in [-0.15, -0.1) is 0 Å². The van der Waals surface area contributed by atoms with E-state index in [0.717, 1.165) is 18.6 Å². The maximum Gasteiger partial charge on any atom is 0.305 e. The number of carboxylic acids is 1. The van der Waals surface area contributed by atoms with Crippen molar-refractivity contribution in [2.45, 2.75) is 64.0 Å². The van der Waals surface area contributed by atoms with Gasteiger partial charge in [0.1, 0.15) is 0 Å². The maximum atomic E-state index is 12.5. The minimum atomic E-state index is -0.945. The smallest absolute Gasteiger partial charge is 0.305 e. The number of aliphatic carboxylic acids is 1. The number of thioether (sulfide) groups is 1. The number of rotatable bonds is 8. The predicted molar refractivity (Wildman–Crippen MR) is 84.5 cm³/mol. The van der Waals surface area contributed by atoms with Crippen molar-refractivity contribution in [2.75, 3.05) is 18.1 Å². The Hall–Kier alpha value is -0.750. The highest BCUT2D eigenvalue weighted by Gasteiger charge is 2.34. The molecule has 0 aromatic rings. The highest BCUT2D eigenvalue weighted by Crippen LogP contribution is 2.27. The van der Waals surface area contributed by atoms with Gasteiger partial charge >= 0.3 is 5.97 Å². The first kappa shape index (κ1) is 18.3. The molecule has 2 N–H and O–H groups in total. The van der Waals surface area contributed by atoms with E-state index in [-0.39, 0.29) is 24.8 Å². The molecule has 0 bridgehead atoms. The van der Waals surface area contributed by atoms with Gasteiger partial charge in [-0.1, -0.05) is 26.7 Å².